The third-order valence-electron chi connectivity index (χ3n) is 2.72. The van der Waals surface area contributed by atoms with Crippen molar-refractivity contribution in [2.45, 2.75) is 18.9 Å². The molecule has 1 amide bonds. The Morgan fingerprint density at radius 1 is 1.62 bits per heavy atom. The van der Waals surface area contributed by atoms with Crippen molar-refractivity contribution < 1.29 is 4.79 Å². The van der Waals surface area contributed by atoms with Crippen molar-refractivity contribution in [1.82, 2.24) is 9.97 Å². The fourth-order valence-corrected chi connectivity index (χ4v) is 1.95. The van der Waals surface area contributed by atoms with E-state index in [0.29, 0.717) is 18.8 Å². The van der Waals surface area contributed by atoms with Crippen LogP contribution in [0.1, 0.15) is 12.8 Å². The first-order valence-electron chi connectivity index (χ1n) is 5.00. The van der Waals surface area contributed by atoms with Gasteiger partial charge in [0.05, 0.1) is 6.33 Å². The van der Waals surface area contributed by atoms with Crippen LogP contribution in [0, 0.1) is 0 Å². The largest absolute Gasteiger partial charge is 0.391 e. The van der Waals surface area contributed by atoms with Crippen LogP contribution in [-0.2, 0) is 4.79 Å². The summed E-state index contributed by atoms with van der Waals surface area (Å²) in [7, 11) is 0. The summed E-state index contributed by atoms with van der Waals surface area (Å²) >= 11 is 0. The lowest BCUT2D eigenvalue weighted by molar-refractivity contribution is -0.119. The molecule has 0 radical (unpaired) electrons. The molecule has 5 N–H and O–H groups in total. The van der Waals surface area contributed by atoms with Gasteiger partial charge in [-0.3, -0.25) is 9.59 Å². The molecular weight excluding hydrogens is 210 g/mol. The number of primary amides is 1. The predicted molar refractivity (Wildman–Crippen MR) is 58.8 cm³/mol. The van der Waals surface area contributed by atoms with Crippen molar-refractivity contribution in [2.24, 2.45) is 5.73 Å². The van der Waals surface area contributed by atoms with E-state index in [1.54, 1.807) is 4.90 Å². The highest BCUT2D eigenvalue weighted by Crippen LogP contribution is 2.25. The molecule has 1 saturated heterocycles. The number of carbonyl (C=O) groups is 1. The van der Waals surface area contributed by atoms with Crippen molar-refractivity contribution >= 4 is 17.4 Å². The van der Waals surface area contributed by atoms with Crippen molar-refractivity contribution in [3.8, 4) is 0 Å². The molecule has 7 nitrogen and oxygen atoms in total. The second kappa shape index (κ2) is 3.84. The van der Waals surface area contributed by atoms with Crippen molar-refractivity contribution in [2.75, 3.05) is 17.2 Å². The number of hydrogen-bond acceptors (Lipinski definition) is 5. The summed E-state index contributed by atoms with van der Waals surface area (Å²) in [5.74, 6) is -0.0796. The standard InChI is InChI=1S/C9H13N5O2/c10-6-8(12-4-13-9(6)16)14-3-1-2-5(14)7(11)15/h4-5H,1-3,10H2,(H2,11,15)(H,12,13,16). The van der Waals surface area contributed by atoms with Crippen LogP contribution in [0.5, 0.6) is 0 Å². The lowest BCUT2D eigenvalue weighted by Crippen LogP contribution is -2.41. The lowest BCUT2D eigenvalue weighted by Gasteiger charge is -2.23. The molecule has 7 heteroatoms. The molecular formula is C9H13N5O2. The smallest absolute Gasteiger partial charge is 0.276 e. The highest BCUT2D eigenvalue weighted by atomic mass is 16.1. The van der Waals surface area contributed by atoms with Gasteiger partial charge in [0.15, 0.2) is 5.82 Å². The molecule has 1 atom stereocenters. The van der Waals surface area contributed by atoms with Gasteiger partial charge in [-0.15, -0.1) is 0 Å². The van der Waals surface area contributed by atoms with Gasteiger partial charge in [-0.25, -0.2) is 4.98 Å². The Balaban J connectivity index is 2.40. The number of aromatic amines is 1. The molecule has 1 fully saturated rings. The predicted octanol–water partition coefficient (Wildman–Crippen LogP) is -1.19. The van der Waals surface area contributed by atoms with Crippen LogP contribution in [0.25, 0.3) is 0 Å². The number of H-pyrrole nitrogens is 1. The number of nitrogens with two attached hydrogens (primary N) is 2. The number of nitrogen functional groups attached to an aromatic ring is 1. The number of amides is 1. The highest BCUT2D eigenvalue weighted by molar-refractivity contribution is 5.85. The highest BCUT2D eigenvalue weighted by Gasteiger charge is 2.31. The number of aromatic nitrogens is 2. The monoisotopic (exact) mass is 223 g/mol. The van der Waals surface area contributed by atoms with Gasteiger partial charge in [-0.05, 0) is 12.8 Å². The molecule has 2 rings (SSSR count). The average Bonchev–Trinajstić information content (AvgIpc) is 2.70. The van der Waals surface area contributed by atoms with Crippen LogP contribution in [0.15, 0.2) is 11.1 Å². The minimum absolute atomic E-state index is 0.0238. The van der Waals surface area contributed by atoms with E-state index in [4.69, 9.17) is 11.5 Å². The van der Waals surface area contributed by atoms with E-state index >= 15 is 0 Å². The number of carbonyl (C=O) groups excluding carboxylic acids is 1. The SMILES string of the molecule is NC(=O)C1CCCN1c1nc[nH]c(=O)c1N. The van der Waals surface area contributed by atoms with E-state index in [-0.39, 0.29) is 5.69 Å². The quantitative estimate of drug-likeness (QED) is 0.582. The van der Waals surface area contributed by atoms with Crippen LogP contribution in [-0.4, -0.2) is 28.5 Å². The molecule has 1 unspecified atom stereocenters. The Kier molecular flexibility index (Phi) is 2.51. The molecule has 1 aromatic rings. The summed E-state index contributed by atoms with van der Waals surface area (Å²) in [6, 6.07) is -0.420. The van der Waals surface area contributed by atoms with E-state index < -0.39 is 17.5 Å². The van der Waals surface area contributed by atoms with E-state index in [2.05, 4.69) is 9.97 Å². The lowest BCUT2D eigenvalue weighted by atomic mass is 10.2. The van der Waals surface area contributed by atoms with Gasteiger partial charge in [0, 0.05) is 6.54 Å². The second-order valence-corrected chi connectivity index (χ2v) is 3.72. The second-order valence-electron chi connectivity index (χ2n) is 3.72. The third kappa shape index (κ3) is 1.60. The molecule has 0 spiro atoms. The topological polar surface area (TPSA) is 118 Å². The zero-order valence-corrected chi connectivity index (χ0v) is 8.64. The first-order valence-corrected chi connectivity index (χ1v) is 5.00. The van der Waals surface area contributed by atoms with E-state index in [0.717, 1.165) is 6.42 Å². The zero-order valence-electron chi connectivity index (χ0n) is 8.64. The van der Waals surface area contributed by atoms with Gasteiger partial charge < -0.3 is 21.4 Å². The number of rotatable bonds is 2. The summed E-state index contributed by atoms with van der Waals surface area (Å²) in [5, 5.41) is 0. The molecule has 0 aromatic carbocycles. The number of anilines is 2. The molecule has 0 saturated carbocycles. The minimum Gasteiger partial charge on any atom is -0.391 e. The van der Waals surface area contributed by atoms with Gasteiger partial charge in [0.2, 0.25) is 5.91 Å². The summed E-state index contributed by atoms with van der Waals surface area (Å²) in [6.45, 7) is 0.633. The number of nitrogens with zero attached hydrogens (tertiary/aromatic N) is 2. The third-order valence-corrected chi connectivity index (χ3v) is 2.72. The van der Waals surface area contributed by atoms with Gasteiger partial charge in [-0.1, -0.05) is 0 Å². The Morgan fingerprint density at radius 3 is 3.06 bits per heavy atom. The molecule has 86 valence electrons. The fourth-order valence-electron chi connectivity index (χ4n) is 1.95. The Bertz CT molecular complexity index is 469. The van der Waals surface area contributed by atoms with Crippen LogP contribution >= 0.6 is 0 Å². The summed E-state index contributed by atoms with van der Waals surface area (Å²) in [6.07, 6.45) is 2.77. The number of nitrogens with one attached hydrogen (secondary N) is 1. The van der Waals surface area contributed by atoms with Crippen LogP contribution < -0.4 is 21.9 Å². The van der Waals surface area contributed by atoms with Crippen LogP contribution in [0.2, 0.25) is 0 Å². The average molecular weight is 223 g/mol. The number of hydrogen-bond donors (Lipinski definition) is 3. The van der Waals surface area contributed by atoms with Gasteiger partial charge in [0.1, 0.15) is 11.7 Å². The van der Waals surface area contributed by atoms with E-state index in [1.165, 1.54) is 6.33 Å². The normalized spacial score (nSPS) is 20.0. The minimum atomic E-state index is -0.420. The molecule has 1 aliphatic heterocycles. The molecule has 2 heterocycles. The molecule has 16 heavy (non-hydrogen) atoms. The van der Waals surface area contributed by atoms with Gasteiger partial charge in [-0.2, -0.15) is 0 Å². The van der Waals surface area contributed by atoms with E-state index in [1.807, 2.05) is 0 Å². The maximum atomic E-state index is 11.3. The Morgan fingerprint density at radius 2 is 2.38 bits per heavy atom. The molecule has 1 aromatic heterocycles. The first kappa shape index (κ1) is 10.5. The molecule has 0 aliphatic carbocycles. The first-order chi connectivity index (χ1) is 7.61. The maximum absolute atomic E-state index is 11.3. The van der Waals surface area contributed by atoms with Crippen molar-refractivity contribution in [3.05, 3.63) is 16.7 Å². The zero-order chi connectivity index (χ0) is 11.7. The van der Waals surface area contributed by atoms with E-state index in [9.17, 15) is 9.59 Å². The van der Waals surface area contributed by atoms with Gasteiger partial charge in [0.25, 0.3) is 5.56 Å². The Hall–Kier alpha value is -2.05. The van der Waals surface area contributed by atoms with Crippen LogP contribution in [0.3, 0.4) is 0 Å². The van der Waals surface area contributed by atoms with Crippen LogP contribution in [0.4, 0.5) is 11.5 Å². The molecule has 1 aliphatic rings. The summed E-state index contributed by atoms with van der Waals surface area (Å²) < 4.78 is 0. The summed E-state index contributed by atoms with van der Waals surface area (Å²) in [4.78, 5) is 30.6. The van der Waals surface area contributed by atoms with Crippen molar-refractivity contribution in [3.63, 3.8) is 0 Å². The van der Waals surface area contributed by atoms with Gasteiger partial charge >= 0.3 is 0 Å². The Labute approximate surface area is 91.5 Å². The fraction of sp³-hybridized carbons (Fsp3) is 0.444. The maximum Gasteiger partial charge on any atom is 0.276 e. The van der Waals surface area contributed by atoms with Crippen molar-refractivity contribution in [1.29, 1.82) is 0 Å². The molecule has 0 bridgehead atoms. The summed E-state index contributed by atoms with van der Waals surface area (Å²) in [5.41, 5.74) is 10.5.